The number of halogens is 2. The van der Waals surface area contributed by atoms with Gasteiger partial charge in [-0.15, -0.1) is 0 Å². The molecule has 1 atom stereocenters. The second kappa shape index (κ2) is 6.05. The first-order valence-electron chi connectivity index (χ1n) is 5.00. The van der Waals surface area contributed by atoms with Crippen molar-refractivity contribution in [2.45, 2.75) is 18.9 Å². The summed E-state index contributed by atoms with van der Waals surface area (Å²) < 4.78 is 13.4. The van der Waals surface area contributed by atoms with Crippen LogP contribution in [0.4, 0.5) is 4.39 Å². The van der Waals surface area contributed by atoms with Gasteiger partial charge >= 0.3 is 0 Å². The van der Waals surface area contributed by atoms with Crippen molar-refractivity contribution in [1.29, 1.82) is 0 Å². The summed E-state index contributed by atoms with van der Waals surface area (Å²) >= 11 is 5.79. The van der Waals surface area contributed by atoms with Crippen molar-refractivity contribution >= 4 is 11.6 Å². The molecule has 4 heteroatoms. The van der Waals surface area contributed by atoms with E-state index in [1.165, 1.54) is 12.1 Å². The Labute approximate surface area is 94.6 Å². The summed E-state index contributed by atoms with van der Waals surface area (Å²) in [5.74, 6) is -0.281. The Morgan fingerprint density at radius 1 is 1.53 bits per heavy atom. The van der Waals surface area contributed by atoms with Gasteiger partial charge in [-0.3, -0.25) is 0 Å². The van der Waals surface area contributed by atoms with Crippen molar-refractivity contribution in [2.75, 3.05) is 13.6 Å². The first-order chi connectivity index (χ1) is 7.15. The zero-order valence-corrected chi connectivity index (χ0v) is 9.52. The third-order valence-corrected chi connectivity index (χ3v) is 2.53. The highest BCUT2D eigenvalue weighted by Gasteiger charge is 2.11. The Hall–Kier alpha value is -0.640. The molecule has 2 nitrogen and oxygen atoms in total. The van der Waals surface area contributed by atoms with Crippen molar-refractivity contribution in [1.82, 2.24) is 5.32 Å². The van der Waals surface area contributed by atoms with Crippen LogP contribution in [-0.4, -0.2) is 13.6 Å². The van der Waals surface area contributed by atoms with Gasteiger partial charge in [0.15, 0.2) is 0 Å². The minimum Gasteiger partial charge on any atom is -0.324 e. The summed E-state index contributed by atoms with van der Waals surface area (Å²) in [7, 11) is 1.88. The molecule has 0 amide bonds. The summed E-state index contributed by atoms with van der Waals surface area (Å²) in [5, 5.41) is 3.55. The van der Waals surface area contributed by atoms with E-state index in [0.29, 0.717) is 10.6 Å². The van der Waals surface area contributed by atoms with Crippen LogP contribution in [0.25, 0.3) is 0 Å². The van der Waals surface area contributed by atoms with Gasteiger partial charge in [-0.25, -0.2) is 4.39 Å². The minimum absolute atomic E-state index is 0.281. The number of nitrogens with two attached hydrogens (primary N) is 1. The lowest BCUT2D eigenvalue weighted by Crippen LogP contribution is -2.15. The summed E-state index contributed by atoms with van der Waals surface area (Å²) in [5.41, 5.74) is 6.38. The highest BCUT2D eigenvalue weighted by molar-refractivity contribution is 6.30. The SMILES string of the molecule is CNCCCC(N)c1cc(Cl)ccc1F. The smallest absolute Gasteiger partial charge is 0.128 e. The molecule has 0 heterocycles. The van der Waals surface area contributed by atoms with Crippen molar-refractivity contribution < 1.29 is 4.39 Å². The first kappa shape index (κ1) is 12.4. The molecule has 0 saturated carbocycles. The average Bonchev–Trinajstić information content (AvgIpc) is 2.22. The molecule has 0 aliphatic heterocycles. The predicted octanol–water partition coefficient (Wildman–Crippen LogP) is 2.48. The number of hydrogen-bond donors (Lipinski definition) is 2. The topological polar surface area (TPSA) is 38.0 Å². The molecule has 0 saturated heterocycles. The molecule has 1 aromatic carbocycles. The van der Waals surface area contributed by atoms with Crippen LogP contribution in [0, 0.1) is 5.82 Å². The quantitative estimate of drug-likeness (QED) is 0.763. The summed E-state index contributed by atoms with van der Waals surface area (Å²) in [6.07, 6.45) is 1.67. The van der Waals surface area contributed by atoms with E-state index < -0.39 is 0 Å². The normalized spacial score (nSPS) is 12.8. The Kier molecular flexibility index (Phi) is 5.02. The van der Waals surface area contributed by atoms with Gasteiger partial charge in [0.05, 0.1) is 0 Å². The maximum Gasteiger partial charge on any atom is 0.128 e. The van der Waals surface area contributed by atoms with Crippen molar-refractivity contribution in [3.8, 4) is 0 Å². The zero-order valence-electron chi connectivity index (χ0n) is 8.76. The molecule has 0 aliphatic carbocycles. The molecule has 0 aliphatic rings. The number of hydrogen-bond acceptors (Lipinski definition) is 2. The lowest BCUT2D eigenvalue weighted by molar-refractivity contribution is 0.544. The van der Waals surface area contributed by atoms with Gasteiger partial charge in [0.25, 0.3) is 0 Å². The Balaban J connectivity index is 2.64. The molecule has 1 aromatic rings. The van der Waals surface area contributed by atoms with Crippen LogP contribution in [0.15, 0.2) is 18.2 Å². The van der Waals surface area contributed by atoms with Crippen molar-refractivity contribution in [3.05, 3.63) is 34.6 Å². The van der Waals surface area contributed by atoms with Gasteiger partial charge < -0.3 is 11.1 Å². The third kappa shape index (κ3) is 3.78. The summed E-state index contributed by atoms with van der Waals surface area (Å²) in [6, 6.07) is 4.20. The number of rotatable bonds is 5. The highest BCUT2D eigenvalue weighted by atomic mass is 35.5. The fourth-order valence-corrected chi connectivity index (χ4v) is 1.63. The van der Waals surface area contributed by atoms with E-state index in [2.05, 4.69) is 5.32 Å². The van der Waals surface area contributed by atoms with Gasteiger partial charge in [0, 0.05) is 16.6 Å². The van der Waals surface area contributed by atoms with E-state index >= 15 is 0 Å². The van der Waals surface area contributed by atoms with Gasteiger partial charge in [0.1, 0.15) is 5.82 Å². The lowest BCUT2D eigenvalue weighted by atomic mass is 10.0. The van der Waals surface area contributed by atoms with E-state index in [4.69, 9.17) is 17.3 Å². The van der Waals surface area contributed by atoms with E-state index in [1.807, 2.05) is 7.05 Å². The van der Waals surface area contributed by atoms with E-state index in [9.17, 15) is 4.39 Å². The molecule has 15 heavy (non-hydrogen) atoms. The van der Waals surface area contributed by atoms with Gasteiger partial charge in [-0.05, 0) is 44.6 Å². The van der Waals surface area contributed by atoms with Gasteiger partial charge in [-0.2, -0.15) is 0 Å². The third-order valence-electron chi connectivity index (χ3n) is 2.30. The Morgan fingerprint density at radius 2 is 2.27 bits per heavy atom. The summed E-state index contributed by atoms with van der Waals surface area (Å²) in [4.78, 5) is 0. The van der Waals surface area contributed by atoms with E-state index in [1.54, 1.807) is 6.07 Å². The Bertz CT molecular complexity index is 317. The molecule has 84 valence electrons. The van der Waals surface area contributed by atoms with Crippen molar-refractivity contribution in [2.24, 2.45) is 5.73 Å². The maximum absolute atomic E-state index is 13.4. The molecule has 3 N–H and O–H groups in total. The second-order valence-electron chi connectivity index (χ2n) is 3.52. The Morgan fingerprint density at radius 3 is 2.93 bits per heavy atom. The molecule has 1 unspecified atom stereocenters. The maximum atomic E-state index is 13.4. The zero-order chi connectivity index (χ0) is 11.3. The van der Waals surface area contributed by atoms with Crippen LogP contribution in [0.2, 0.25) is 5.02 Å². The molecule has 0 bridgehead atoms. The van der Waals surface area contributed by atoms with Crippen molar-refractivity contribution in [3.63, 3.8) is 0 Å². The standard InChI is InChI=1S/C11H16ClFN2/c1-15-6-2-3-11(14)9-7-8(12)4-5-10(9)13/h4-5,7,11,15H,2-3,6,14H2,1H3. The van der Waals surface area contributed by atoms with Crippen LogP contribution >= 0.6 is 11.6 Å². The molecule has 0 fully saturated rings. The van der Waals surface area contributed by atoms with Crippen LogP contribution in [0.3, 0.4) is 0 Å². The molecular weight excluding hydrogens is 215 g/mol. The summed E-state index contributed by atoms with van der Waals surface area (Å²) in [6.45, 7) is 0.885. The van der Waals surface area contributed by atoms with Crippen LogP contribution < -0.4 is 11.1 Å². The van der Waals surface area contributed by atoms with Gasteiger partial charge in [-0.1, -0.05) is 11.6 Å². The molecule has 0 spiro atoms. The highest BCUT2D eigenvalue weighted by Crippen LogP contribution is 2.22. The van der Waals surface area contributed by atoms with Crippen LogP contribution in [0.5, 0.6) is 0 Å². The lowest BCUT2D eigenvalue weighted by Gasteiger charge is -2.13. The van der Waals surface area contributed by atoms with Crippen LogP contribution in [-0.2, 0) is 0 Å². The number of benzene rings is 1. The van der Waals surface area contributed by atoms with Gasteiger partial charge in [0.2, 0.25) is 0 Å². The monoisotopic (exact) mass is 230 g/mol. The second-order valence-corrected chi connectivity index (χ2v) is 3.95. The fourth-order valence-electron chi connectivity index (χ4n) is 1.45. The molecule has 1 rings (SSSR count). The molecule has 0 radical (unpaired) electrons. The van der Waals surface area contributed by atoms with E-state index in [0.717, 1.165) is 19.4 Å². The fraction of sp³-hybridized carbons (Fsp3) is 0.455. The largest absolute Gasteiger partial charge is 0.324 e. The predicted molar refractivity (Wildman–Crippen MR) is 61.5 cm³/mol. The molecular formula is C11H16ClFN2. The minimum atomic E-state index is -0.281. The average molecular weight is 231 g/mol. The first-order valence-corrected chi connectivity index (χ1v) is 5.38. The van der Waals surface area contributed by atoms with Crippen LogP contribution in [0.1, 0.15) is 24.4 Å². The van der Waals surface area contributed by atoms with E-state index in [-0.39, 0.29) is 11.9 Å². The number of nitrogens with one attached hydrogen (secondary N) is 1. The molecule has 0 aromatic heterocycles.